The fourth-order valence-corrected chi connectivity index (χ4v) is 3.80. The van der Waals surface area contributed by atoms with Crippen molar-refractivity contribution in [3.8, 4) is 0 Å². The molecule has 0 aliphatic carbocycles. The highest BCUT2D eigenvalue weighted by Crippen LogP contribution is 2.32. The van der Waals surface area contributed by atoms with E-state index in [-0.39, 0.29) is 0 Å². The molecule has 1 fully saturated rings. The van der Waals surface area contributed by atoms with Crippen molar-refractivity contribution in [2.75, 3.05) is 45.6 Å². The zero-order valence-electron chi connectivity index (χ0n) is 14.0. The van der Waals surface area contributed by atoms with Crippen molar-refractivity contribution < 1.29 is 0 Å². The van der Waals surface area contributed by atoms with Crippen molar-refractivity contribution in [2.24, 2.45) is 4.99 Å². The molecule has 0 saturated carbocycles. The molecule has 1 aliphatic heterocycles. The monoisotopic (exact) mass is 328 g/mol. The summed E-state index contributed by atoms with van der Waals surface area (Å²) in [5.74, 6) is 1.10. The smallest absolute Gasteiger partial charge is 0.133 e. The molecule has 1 saturated heterocycles. The second-order valence-electron chi connectivity index (χ2n) is 5.93. The average molecular weight is 328 g/mol. The lowest BCUT2D eigenvalue weighted by Gasteiger charge is -2.34. The minimum atomic E-state index is 1.03. The quantitative estimate of drug-likeness (QED) is 0.692. The van der Waals surface area contributed by atoms with Gasteiger partial charge in [0.25, 0.3) is 0 Å². The zero-order valence-corrected chi connectivity index (χ0v) is 14.9. The molecule has 2 aromatic rings. The maximum atomic E-state index is 4.61. The lowest BCUT2D eigenvalue weighted by molar-refractivity contribution is 0.215. The molecule has 23 heavy (non-hydrogen) atoms. The van der Waals surface area contributed by atoms with Gasteiger partial charge in [0.05, 0.1) is 5.56 Å². The van der Waals surface area contributed by atoms with Crippen LogP contribution in [0.1, 0.15) is 10.4 Å². The molecule has 0 radical (unpaired) electrons. The third-order valence-electron chi connectivity index (χ3n) is 4.14. The van der Waals surface area contributed by atoms with Gasteiger partial charge in [-0.05, 0) is 32.2 Å². The number of hydrogen-bond acceptors (Lipinski definition) is 4. The largest absolute Gasteiger partial charge is 0.354 e. The van der Waals surface area contributed by atoms with Gasteiger partial charge < -0.3 is 15.1 Å². The summed E-state index contributed by atoms with van der Waals surface area (Å²) in [5, 5.41) is 4.73. The van der Waals surface area contributed by atoms with Crippen molar-refractivity contribution >= 4 is 27.9 Å². The molecule has 3 rings (SSSR count). The van der Waals surface area contributed by atoms with Crippen LogP contribution in [-0.4, -0.2) is 55.9 Å². The summed E-state index contributed by atoms with van der Waals surface area (Å²) in [6.45, 7) is 6.39. The molecule has 1 aliphatic rings. The van der Waals surface area contributed by atoms with E-state index in [1.165, 1.54) is 15.4 Å². The molecule has 0 bridgehead atoms. The number of thiophene rings is 1. The van der Waals surface area contributed by atoms with Crippen molar-refractivity contribution in [3.63, 3.8) is 0 Å². The minimum Gasteiger partial charge on any atom is -0.354 e. The fraction of sp³-hybridized carbons (Fsp3) is 0.389. The van der Waals surface area contributed by atoms with Gasteiger partial charge in [0.2, 0.25) is 0 Å². The Balaban J connectivity index is 1.86. The van der Waals surface area contributed by atoms with E-state index in [2.05, 4.69) is 64.4 Å². The Kier molecular flexibility index (Phi) is 4.98. The van der Waals surface area contributed by atoms with E-state index in [0.717, 1.165) is 37.7 Å². The molecule has 4 nitrogen and oxygen atoms in total. The summed E-state index contributed by atoms with van der Waals surface area (Å²) in [7, 11) is 4.07. The molecule has 122 valence electrons. The van der Waals surface area contributed by atoms with Gasteiger partial charge in [-0.2, -0.15) is 0 Å². The van der Waals surface area contributed by atoms with E-state index >= 15 is 0 Å². The fourth-order valence-electron chi connectivity index (χ4n) is 2.88. The van der Waals surface area contributed by atoms with Gasteiger partial charge in [-0.15, -0.1) is 11.3 Å². The number of hydrogen-bond donors (Lipinski definition) is 1. The molecule has 0 atom stereocenters. The SMILES string of the molecule is CN=C(c1cc(C)sc1Nc1ccccc1)N1CCN(C)CC1. The molecule has 1 aromatic carbocycles. The maximum Gasteiger partial charge on any atom is 0.133 e. The van der Waals surface area contributed by atoms with Gasteiger partial charge in [0, 0.05) is 43.8 Å². The van der Waals surface area contributed by atoms with Crippen LogP contribution < -0.4 is 5.32 Å². The number of nitrogens with one attached hydrogen (secondary N) is 1. The Labute approximate surface area is 142 Å². The summed E-state index contributed by atoms with van der Waals surface area (Å²) in [6.07, 6.45) is 0. The lowest BCUT2D eigenvalue weighted by Crippen LogP contribution is -2.47. The van der Waals surface area contributed by atoms with Gasteiger partial charge in [0.15, 0.2) is 0 Å². The lowest BCUT2D eigenvalue weighted by atomic mass is 10.2. The van der Waals surface area contributed by atoms with Gasteiger partial charge >= 0.3 is 0 Å². The van der Waals surface area contributed by atoms with E-state index in [0.29, 0.717) is 0 Å². The first-order valence-electron chi connectivity index (χ1n) is 8.00. The third-order valence-corrected chi connectivity index (χ3v) is 5.11. The van der Waals surface area contributed by atoms with Crippen molar-refractivity contribution in [2.45, 2.75) is 6.92 Å². The summed E-state index contributed by atoms with van der Waals surface area (Å²) in [5.41, 5.74) is 2.33. The molecule has 2 heterocycles. The van der Waals surface area contributed by atoms with E-state index < -0.39 is 0 Å². The minimum absolute atomic E-state index is 1.03. The molecule has 0 unspecified atom stereocenters. The molecule has 1 aromatic heterocycles. The molecule has 5 heteroatoms. The second kappa shape index (κ2) is 7.15. The van der Waals surface area contributed by atoms with Gasteiger partial charge in [-0.25, -0.2) is 0 Å². The predicted molar refractivity (Wildman–Crippen MR) is 100 cm³/mol. The number of benzene rings is 1. The first-order valence-corrected chi connectivity index (χ1v) is 8.82. The van der Waals surface area contributed by atoms with Gasteiger partial charge in [0.1, 0.15) is 10.8 Å². The topological polar surface area (TPSA) is 30.9 Å². The van der Waals surface area contributed by atoms with E-state index in [4.69, 9.17) is 0 Å². The van der Waals surface area contributed by atoms with Crippen LogP contribution in [0.3, 0.4) is 0 Å². The Hall–Kier alpha value is -1.85. The zero-order chi connectivity index (χ0) is 16.2. The Bertz CT molecular complexity index is 670. The van der Waals surface area contributed by atoms with Crippen LogP contribution in [0.2, 0.25) is 0 Å². The van der Waals surface area contributed by atoms with Crippen LogP contribution in [0.5, 0.6) is 0 Å². The van der Waals surface area contributed by atoms with E-state index in [1.807, 2.05) is 13.1 Å². The first kappa shape index (κ1) is 16.0. The van der Waals surface area contributed by atoms with Crippen LogP contribution in [0.4, 0.5) is 10.7 Å². The summed E-state index contributed by atoms with van der Waals surface area (Å²) in [6, 6.07) is 12.6. The number of aryl methyl sites for hydroxylation is 1. The highest BCUT2D eigenvalue weighted by molar-refractivity contribution is 7.16. The summed E-state index contributed by atoms with van der Waals surface area (Å²) in [4.78, 5) is 10.7. The average Bonchev–Trinajstić information content (AvgIpc) is 2.91. The van der Waals surface area contributed by atoms with E-state index in [1.54, 1.807) is 11.3 Å². The van der Waals surface area contributed by atoms with Crippen LogP contribution in [-0.2, 0) is 0 Å². The van der Waals surface area contributed by atoms with Crippen LogP contribution in [0.15, 0.2) is 41.4 Å². The summed E-state index contributed by atoms with van der Waals surface area (Å²) < 4.78 is 0. The Morgan fingerprint density at radius 2 is 1.83 bits per heavy atom. The standard InChI is InChI=1S/C18H24N4S/c1-14-13-16(17(19-2)22-11-9-21(3)10-12-22)18(23-14)20-15-7-5-4-6-8-15/h4-8,13,20H,9-12H2,1-3H3. The molecule has 0 spiro atoms. The Morgan fingerprint density at radius 1 is 1.13 bits per heavy atom. The van der Waals surface area contributed by atoms with Crippen molar-refractivity contribution in [3.05, 3.63) is 46.8 Å². The normalized spacial score (nSPS) is 16.7. The maximum absolute atomic E-state index is 4.61. The Morgan fingerprint density at radius 3 is 2.48 bits per heavy atom. The van der Waals surface area contributed by atoms with Crippen LogP contribution in [0, 0.1) is 6.92 Å². The second-order valence-corrected chi connectivity index (χ2v) is 7.18. The van der Waals surface area contributed by atoms with Crippen molar-refractivity contribution in [1.29, 1.82) is 0 Å². The number of anilines is 2. The highest BCUT2D eigenvalue weighted by atomic mass is 32.1. The third kappa shape index (κ3) is 3.74. The van der Waals surface area contributed by atoms with Crippen LogP contribution in [0.25, 0.3) is 0 Å². The number of aliphatic imine (C=N–C) groups is 1. The number of likely N-dealkylation sites (N-methyl/N-ethyl adjacent to an activating group) is 1. The molecule has 1 N–H and O–H groups in total. The first-order chi connectivity index (χ1) is 11.2. The highest BCUT2D eigenvalue weighted by Gasteiger charge is 2.22. The molecular formula is C18H24N4S. The van der Waals surface area contributed by atoms with Crippen molar-refractivity contribution in [1.82, 2.24) is 9.80 Å². The summed E-state index contributed by atoms with van der Waals surface area (Å²) >= 11 is 1.79. The molecular weight excluding hydrogens is 304 g/mol. The number of piperazine rings is 1. The van der Waals surface area contributed by atoms with Gasteiger partial charge in [-0.3, -0.25) is 4.99 Å². The number of amidine groups is 1. The van der Waals surface area contributed by atoms with Gasteiger partial charge in [-0.1, -0.05) is 18.2 Å². The van der Waals surface area contributed by atoms with Crippen LogP contribution >= 0.6 is 11.3 Å². The predicted octanol–water partition coefficient (Wildman–Crippen LogP) is 3.42. The number of nitrogens with zero attached hydrogens (tertiary/aromatic N) is 3. The number of rotatable bonds is 3. The van der Waals surface area contributed by atoms with E-state index in [9.17, 15) is 0 Å². The number of para-hydroxylation sites is 1. The molecule has 0 amide bonds.